The van der Waals surface area contributed by atoms with Gasteiger partial charge in [-0.05, 0) is 102 Å². The SMILES string of the molecule is CC(C)C(N)P(=O)(Oc1ccccc1)Oc1ccccc1.CC(C)C(NC(=O)OCc1ccccc1)P(=O)(Oc1ccccc1)Oc1ccccc1.CC(C)C(NC(=O)ON1C(=O)CCC1=O)P(=O)(Oc1ccccc1)Oc1ccccc1.CC(C)C=O.NC(=O)OCc1ccccc1. The zero-order chi connectivity index (χ0) is 72.2. The molecule has 0 spiro atoms. The predicted octanol–water partition coefficient (Wildman–Crippen LogP) is 16.8. The number of nitrogens with two attached hydrogens (primary N) is 2. The highest BCUT2D eigenvalue weighted by Gasteiger charge is 2.45. The highest BCUT2D eigenvalue weighted by Crippen LogP contribution is 2.56. The van der Waals surface area contributed by atoms with Crippen molar-refractivity contribution in [1.29, 1.82) is 0 Å². The Morgan fingerprint density at radius 1 is 0.414 bits per heavy atom. The lowest BCUT2D eigenvalue weighted by atomic mass is 10.2. The van der Waals surface area contributed by atoms with Crippen molar-refractivity contribution in [3.63, 3.8) is 0 Å². The number of rotatable bonds is 26. The summed E-state index contributed by atoms with van der Waals surface area (Å²) in [6, 6.07) is 70.9. The van der Waals surface area contributed by atoms with E-state index in [2.05, 4.69) is 15.4 Å². The molecule has 6 N–H and O–H groups in total. The first-order chi connectivity index (χ1) is 47.3. The second kappa shape index (κ2) is 41.2. The minimum atomic E-state index is -4.06. The first kappa shape index (κ1) is 79.5. The largest absolute Gasteiger partial charge is 0.453 e. The molecule has 526 valence electrons. The molecule has 1 fully saturated rings. The van der Waals surface area contributed by atoms with Crippen molar-refractivity contribution >= 4 is 59.2 Å². The molecule has 23 nitrogen and oxygen atoms in total. The van der Waals surface area contributed by atoms with Gasteiger partial charge in [0.25, 0.3) is 11.8 Å². The third kappa shape index (κ3) is 28.4. The van der Waals surface area contributed by atoms with Gasteiger partial charge >= 0.3 is 41.1 Å². The molecule has 99 heavy (non-hydrogen) atoms. The zero-order valence-electron chi connectivity index (χ0n) is 56.3. The van der Waals surface area contributed by atoms with Crippen LogP contribution in [-0.4, -0.2) is 58.8 Å². The summed E-state index contributed by atoms with van der Waals surface area (Å²) < 4.78 is 85.4. The molecule has 1 saturated heterocycles. The summed E-state index contributed by atoms with van der Waals surface area (Å²) in [6.45, 7) is 14.9. The van der Waals surface area contributed by atoms with E-state index in [0.717, 1.165) is 17.4 Å². The average molecular weight is 1410 g/mol. The molecule has 0 bridgehead atoms. The molecule has 26 heteroatoms. The molecule has 1 heterocycles. The predicted molar refractivity (Wildman–Crippen MR) is 377 cm³/mol. The zero-order valence-corrected chi connectivity index (χ0v) is 59.0. The molecule has 1 aliphatic heterocycles. The second-order valence-corrected chi connectivity index (χ2v) is 29.0. The summed E-state index contributed by atoms with van der Waals surface area (Å²) in [5.74, 6) is -2.26. The molecule has 1 aliphatic rings. The Bertz CT molecular complexity index is 3700. The quantitative estimate of drug-likeness (QED) is 0.0222. The van der Waals surface area contributed by atoms with Crippen LogP contribution in [0.3, 0.4) is 0 Å². The number of ether oxygens (including phenoxy) is 2. The van der Waals surface area contributed by atoms with Crippen LogP contribution in [0.25, 0.3) is 0 Å². The van der Waals surface area contributed by atoms with Gasteiger partial charge in [-0.25, -0.2) is 28.1 Å². The van der Waals surface area contributed by atoms with Crippen molar-refractivity contribution in [2.24, 2.45) is 35.1 Å². The number of alkyl carbamates (subject to hydrolysis) is 1. The van der Waals surface area contributed by atoms with Crippen molar-refractivity contribution in [3.05, 3.63) is 254 Å². The van der Waals surface area contributed by atoms with Gasteiger partial charge in [-0.15, -0.1) is 5.06 Å². The summed E-state index contributed by atoms with van der Waals surface area (Å²) in [5.41, 5.74) is 12.6. The van der Waals surface area contributed by atoms with Gasteiger partial charge in [0.15, 0.2) is 11.6 Å². The third-order valence-electron chi connectivity index (χ3n) is 13.3. The number of primary amides is 1. The van der Waals surface area contributed by atoms with Crippen LogP contribution < -0.4 is 49.2 Å². The fourth-order valence-electron chi connectivity index (χ4n) is 8.26. The number of benzene rings is 8. The number of para-hydroxylation sites is 6. The van der Waals surface area contributed by atoms with Crippen molar-refractivity contribution in [2.75, 3.05) is 0 Å². The Balaban J connectivity index is 0.000000244. The van der Waals surface area contributed by atoms with E-state index in [1.807, 2.05) is 151 Å². The lowest BCUT2D eigenvalue weighted by Gasteiger charge is -2.30. The van der Waals surface area contributed by atoms with E-state index in [9.17, 15) is 42.5 Å². The first-order valence-electron chi connectivity index (χ1n) is 31.6. The topological polar surface area (TPSA) is 316 Å². The van der Waals surface area contributed by atoms with Crippen LogP contribution in [0.1, 0.15) is 79.4 Å². The van der Waals surface area contributed by atoms with Gasteiger partial charge in [-0.1, -0.05) is 225 Å². The van der Waals surface area contributed by atoms with Gasteiger partial charge < -0.3 is 68.3 Å². The number of nitrogens with zero attached hydrogens (tertiary/aromatic N) is 1. The Morgan fingerprint density at radius 3 is 0.919 bits per heavy atom. The first-order valence-corrected chi connectivity index (χ1v) is 36.4. The van der Waals surface area contributed by atoms with Gasteiger partial charge in [0.2, 0.25) is 0 Å². The fourth-order valence-corrected chi connectivity index (χ4v) is 14.3. The molecule has 8 aromatic rings. The highest BCUT2D eigenvalue weighted by atomic mass is 31.2. The Morgan fingerprint density at radius 2 is 0.667 bits per heavy atom. The van der Waals surface area contributed by atoms with Crippen molar-refractivity contribution in [2.45, 2.75) is 98.8 Å². The Kier molecular flexibility index (Phi) is 33.1. The summed E-state index contributed by atoms with van der Waals surface area (Å²) in [6.07, 6.45) is -1.71. The summed E-state index contributed by atoms with van der Waals surface area (Å²) >= 11 is 0. The van der Waals surface area contributed by atoms with E-state index >= 15 is 0 Å². The second-order valence-electron chi connectivity index (χ2n) is 22.9. The van der Waals surface area contributed by atoms with Crippen LogP contribution in [0.4, 0.5) is 14.4 Å². The Labute approximate surface area is 578 Å². The third-order valence-corrected chi connectivity index (χ3v) is 20.2. The maximum Gasteiger partial charge on any atom is 0.453 e. The number of hydrogen-bond acceptors (Lipinski definition) is 19. The Hall–Kier alpha value is -10.2. The highest BCUT2D eigenvalue weighted by molar-refractivity contribution is 7.56. The van der Waals surface area contributed by atoms with Gasteiger partial charge in [0.05, 0.1) is 0 Å². The van der Waals surface area contributed by atoms with Gasteiger partial charge in [0, 0.05) is 18.8 Å². The summed E-state index contributed by atoms with van der Waals surface area (Å²) in [4.78, 5) is 72.9. The lowest BCUT2D eigenvalue weighted by molar-refractivity contribution is -0.171. The molecule has 5 amide bonds. The van der Waals surface area contributed by atoms with Crippen molar-refractivity contribution < 1.29 is 83.9 Å². The number of hydroxylamine groups is 2. The normalized spacial score (nSPS) is 12.7. The molecule has 0 aliphatic carbocycles. The minimum Gasteiger partial charge on any atom is -0.445 e. The van der Waals surface area contributed by atoms with Gasteiger partial charge in [0.1, 0.15) is 59.8 Å². The van der Waals surface area contributed by atoms with E-state index in [4.69, 9.17) is 48.2 Å². The standard InChI is InChI=1S/C24H26NO5P.C21H23N2O7P.C16H20NO3P.C8H9NO2.C4H8O/c1-19(2)23(25-24(26)28-18-20-12-6-3-7-13-20)31(27,29-21-14-8-4-9-15-21)30-22-16-10-5-11-17-22;1-15(2)20(22-21(26)28-23-18(24)13-14-19(23)25)31(27,29-16-9-5-3-6-10-16)30-17-11-7-4-8-12-17;1-13(2)16(17)21(18,19-14-9-5-3-6-10-14)20-15-11-7-4-8-12-15;9-8(10)11-6-7-4-2-1-3-5-7;1-4(2)3-5/h3-17,19,23H,18H2,1-2H3,(H,25,26);3-12,15,20H,13-14H2,1-2H3,(H,22,26);3-13,16H,17H2,1-2H3;1-5H,6H2,(H2,9,10);3-4H,1-2H3. The van der Waals surface area contributed by atoms with Crippen LogP contribution in [0, 0.1) is 23.7 Å². The van der Waals surface area contributed by atoms with Crippen molar-refractivity contribution in [3.8, 4) is 34.5 Å². The van der Waals surface area contributed by atoms with E-state index in [0.29, 0.717) is 28.1 Å². The number of imide groups is 1. The lowest BCUT2D eigenvalue weighted by Crippen LogP contribution is -2.44. The number of aldehydes is 1. The number of nitrogens with one attached hydrogen (secondary N) is 2. The average Bonchev–Trinajstić information content (AvgIpc) is 1.78. The molecule has 3 unspecified atom stereocenters. The number of amides is 5. The van der Waals surface area contributed by atoms with E-state index < -0.39 is 76.1 Å². The number of hydrogen-bond donors (Lipinski definition) is 4. The van der Waals surface area contributed by atoms with Crippen LogP contribution in [-0.2, 0) is 55.6 Å². The maximum atomic E-state index is 14.0. The molecule has 3 atom stereocenters. The van der Waals surface area contributed by atoms with Gasteiger partial charge in [-0.3, -0.25) is 9.59 Å². The van der Waals surface area contributed by atoms with E-state index in [1.54, 1.807) is 147 Å². The number of carbonyl (C=O) groups is 6. The number of carbonyl (C=O) groups excluding carboxylic acids is 6. The van der Waals surface area contributed by atoms with Gasteiger partial charge in [-0.2, -0.15) is 0 Å². The molecular weight excluding hydrogens is 1330 g/mol. The molecule has 8 aromatic carbocycles. The molecule has 0 radical (unpaired) electrons. The molecular formula is C73H86N5O18P3. The molecule has 0 aromatic heterocycles. The maximum absolute atomic E-state index is 14.0. The smallest absolute Gasteiger partial charge is 0.445 e. The summed E-state index contributed by atoms with van der Waals surface area (Å²) in [5, 5.41) is 5.55. The fraction of sp³-hybridized carbons (Fsp3) is 0.260. The van der Waals surface area contributed by atoms with Crippen molar-refractivity contribution in [1.82, 2.24) is 15.7 Å². The summed E-state index contributed by atoms with van der Waals surface area (Å²) in [7, 11) is -11.5. The van der Waals surface area contributed by atoms with E-state index in [-0.39, 0.29) is 55.3 Å². The van der Waals surface area contributed by atoms with E-state index in [1.165, 1.54) is 0 Å². The molecule has 9 rings (SSSR count). The minimum absolute atomic E-state index is 0.0353. The monoisotopic (exact) mass is 1410 g/mol. The van der Waals surface area contributed by atoms with Crippen LogP contribution in [0.15, 0.2) is 243 Å². The van der Waals surface area contributed by atoms with Crippen LogP contribution >= 0.6 is 22.8 Å². The molecule has 0 saturated carbocycles. The van der Waals surface area contributed by atoms with Crippen LogP contribution in [0.5, 0.6) is 34.5 Å². The van der Waals surface area contributed by atoms with Crippen LogP contribution in [0.2, 0.25) is 0 Å².